The van der Waals surface area contributed by atoms with E-state index in [1.807, 2.05) is 32.0 Å². The third-order valence-electron chi connectivity index (χ3n) is 3.15. The molecule has 0 heterocycles. The van der Waals surface area contributed by atoms with Crippen LogP contribution >= 0.6 is 23.2 Å². The molecule has 0 unspecified atom stereocenters. The second-order valence-corrected chi connectivity index (χ2v) is 5.61. The molecule has 0 bridgehead atoms. The molecule has 0 atom stereocenters. The third kappa shape index (κ3) is 4.35. The van der Waals surface area contributed by atoms with Gasteiger partial charge in [-0.3, -0.25) is 4.79 Å². The summed E-state index contributed by atoms with van der Waals surface area (Å²) in [7, 11) is 0. The van der Waals surface area contributed by atoms with E-state index in [0.29, 0.717) is 10.0 Å². The van der Waals surface area contributed by atoms with Crippen molar-refractivity contribution in [3.8, 4) is 0 Å². The van der Waals surface area contributed by atoms with Gasteiger partial charge in [-0.15, -0.1) is 0 Å². The number of hydrogen-bond donors (Lipinski definition) is 1. The number of halogens is 2. The Bertz CT molecular complexity index is 708. The van der Waals surface area contributed by atoms with Crippen LogP contribution in [0.4, 0.5) is 5.69 Å². The average Bonchev–Trinajstić information content (AvgIpc) is 2.44. The van der Waals surface area contributed by atoms with Crippen molar-refractivity contribution in [3.63, 3.8) is 0 Å². The average molecular weight is 320 g/mol. The lowest BCUT2D eigenvalue weighted by Crippen LogP contribution is -2.07. The normalized spacial score (nSPS) is 10.9. The third-order valence-corrected chi connectivity index (χ3v) is 3.88. The predicted molar refractivity (Wildman–Crippen MR) is 90.0 cm³/mol. The van der Waals surface area contributed by atoms with E-state index in [0.717, 1.165) is 16.8 Å². The number of anilines is 1. The van der Waals surface area contributed by atoms with Gasteiger partial charge < -0.3 is 5.32 Å². The van der Waals surface area contributed by atoms with Gasteiger partial charge >= 0.3 is 0 Å². The number of rotatable bonds is 3. The van der Waals surface area contributed by atoms with E-state index in [1.165, 1.54) is 11.6 Å². The summed E-state index contributed by atoms with van der Waals surface area (Å²) in [5.74, 6) is -0.190. The van der Waals surface area contributed by atoms with E-state index in [9.17, 15) is 4.79 Å². The van der Waals surface area contributed by atoms with E-state index >= 15 is 0 Å². The van der Waals surface area contributed by atoms with Gasteiger partial charge in [0.2, 0.25) is 5.91 Å². The quantitative estimate of drug-likeness (QED) is 0.768. The predicted octanol–water partition coefficient (Wildman–Crippen LogP) is 5.26. The number of carbonyl (C=O) groups is 1. The number of nitrogens with one attached hydrogen (secondary N) is 1. The van der Waals surface area contributed by atoms with E-state index in [4.69, 9.17) is 23.2 Å². The standard InChI is InChI=1S/C17H15Cl2NO/c1-11-3-6-14(9-12(11)2)20-17(21)8-5-13-4-7-15(18)16(19)10-13/h3-10H,1-2H3,(H,20,21)/b8-5+. The van der Waals surface area contributed by atoms with Crippen molar-refractivity contribution in [3.05, 3.63) is 69.2 Å². The first-order valence-corrected chi connectivity index (χ1v) is 7.22. The van der Waals surface area contributed by atoms with Gasteiger partial charge in [0, 0.05) is 11.8 Å². The Hall–Kier alpha value is -1.77. The molecule has 0 saturated carbocycles. The van der Waals surface area contributed by atoms with Crippen molar-refractivity contribution >= 4 is 40.9 Å². The molecule has 0 aliphatic rings. The SMILES string of the molecule is Cc1ccc(NC(=O)/C=C/c2ccc(Cl)c(Cl)c2)cc1C. The van der Waals surface area contributed by atoms with Crippen LogP contribution in [0.15, 0.2) is 42.5 Å². The minimum atomic E-state index is -0.190. The van der Waals surface area contributed by atoms with Gasteiger partial charge in [-0.05, 0) is 60.9 Å². The van der Waals surface area contributed by atoms with Gasteiger partial charge in [0.1, 0.15) is 0 Å². The maximum Gasteiger partial charge on any atom is 0.248 e. The molecule has 1 amide bonds. The van der Waals surface area contributed by atoms with Crippen LogP contribution in [0.5, 0.6) is 0 Å². The fraction of sp³-hybridized carbons (Fsp3) is 0.118. The Morgan fingerprint density at radius 3 is 2.43 bits per heavy atom. The molecule has 0 aliphatic carbocycles. The van der Waals surface area contributed by atoms with E-state index in [1.54, 1.807) is 24.3 Å². The summed E-state index contributed by atoms with van der Waals surface area (Å²) in [6.45, 7) is 4.04. The molecular weight excluding hydrogens is 305 g/mol. The molecule has 21 heavy (non-hydrogen) atoms. The van der Waals surface area contributed by atoms with E-state index in [-0.39, 0.29) is 5.91 Å². The van der Waals surface area contributed by atoms with Crippen LogP contribution in [0.2, 0.25) is 10.0 Å². The summed E-state index contributed by atoms with van der Waals surface area (Å²) in [5, 5.41) is 3.78. The fourth-order valence-electron chi connectivity index (χ4n) is 1.79. The van der Waals surface area contributed by atoms with Crippen LogP contribution in [0.3, 0.4) is 0 Å². The maximum absolute atomic E-state index is 11.9. The van der Waals surface area contributed by atoms with Crippen molar-refractivity contribution in [2.45, 2.75) is 13.8 Å². The van der Waals surface area contributed by atoms with Gasteiger partial charge in [0.25, 0.3) is 0 Å². The van der Waals surface area contributed by atoms with Crippen molar-refractivity contribution in [1.29, 1.82) is 0 Å². The van der Waals surface area contributed by atoms with Gasteiger partial charge in [-0.2, -0.15) is 0 Å². The van der Waals surface area contributed by atoms with Crippen LogP contribution in [0.1, 0.15) is 16.7 Å². The summed E-state index contributed by atoms with van der Waals surface area (Å²) < 4.78 is 0. The number of aryl methyl sites for hydroxylation is 2. The zero-order valence-electron chi connectivity index (χ0n) is 11.8. The Balaban J connectivity index is 2.05. The molecule has 4 heteroatoms. The smallest absolute Gasteiger partial charge is 0.248 e. The number of hydrogen-bond acceptors (Lipinski definition) is 1. The van der Waals surface area contributed by atoms with Crippen LogP contribution < -0.4 is 5.32 Å². The maximum atomic E-state index is 11.9. The number of amides is 1. The van der Waals surface area contributed by atoms with Crippen LogP contribution in [-0.4, -0.2) is 5.91 Å². The first-order valence-electron chi connectivity index (χ1n) is 6.47. The van der Waals surface area contributed by atoms with E-state index in [2.05, 4.69) is 5.32 Å². The second kappa shape index (κ2) is 6.79. The number of benzene rings is 2. The molecule has 1 N–H and O–H groups in total. The first-order chi connectivity index (χ1) is 9.95. The minimum Gasteiger partial charge on any atom is -0.323 e. The molecule has 0 saturated heterocycles. The minimum absolute atomic E-state index is 0.190. The summed E-state index contributed by atoms with van der Waals surface area (Å²) in [4.78, 5) is 11.9. The molecule has 108 valence electrons. The van der Waals surface area contributed by atoms with Gasteiger partial charge in [-0.25, -0.2) is 0 Å². The van der Waals surface area contributed by atoms with Gasteiger partial charge in [0.05, 0.1) is 10.0 Å². The Morgan fingerprint density at radius 1 is 1.00 bits per heavy atom. The summed E-state index contributed by atoms with van der Waals surface area (Å²) in [6, 6.07) is 11.0. The highest BCUT2D eigenvalue weighted by Crippen LogP contribution is 2.23. The monoisotopic (exact) mass is 319 g/mol. The molecule has 2 aromatic rings. The lowest BCUT2D eigenvalue weighted by molar-refractivity contribution is -0.111. The fourth-order valence-corrected chi connectivity index (χ4v) is 2.10. The topological polar surface area (TPSA) is 29.1 Å². The molecular formula is C17H15Cl2NO. The highest BCUT2D eigenvalue weighted by molar-refractivity contribution is 6.42. The lowest BCUT2D eigenvalue weighted by atomic mass is 10.1. The molecule has 2 rings (SSSR count). The molecule has 0 spiro atoms. The Labute approximate surface area is 134 Å². The van der Waals surface area contributed by atoms with Crippen LogP contribution in [0.25, 0.3) is 6.08 Å². The van der Waals surface area contributed by atoms with Gasteiger partial charge in [0.15, 0.2) is 0 Å². The zero-order chi connectivity index (χ0) is 15.4. The van der Waals surface area contributed by atoms with Crippen molar-refractivity contribution in [1.82, 2.24) is 0 Å². The van der Waals surface area contributed by atoms with Crippen molar-refractivity contribution < 1.29 is 4.79 Å². The first kappa shape index (κ1) is 15.6. The Kier molecular flexibility index (Phi) is 5.05. The molecule has 2 nitrogen and oxygen atoms in total. The molecule has 0 radical (unpaired) electrons. The highest BCUT2D eigenvalue weighted by Gasteiger charge is 2.01. The van der Waals surface area contributed by atoms with Gasteiger partial charge in [-0.1, -0.05) is 35.3 Å². The molecule has 0 aliphatic heterocycles. The second-order valence-electron chi connectivity index (χ2n) is 4.80. The molecule has 2 aromatic carbocycles. The van der Waals surface area contributed by atoms with Crippen molar-refractivity contribution in [2.75, 3.05) is 5.32 Å². The molecule has 0 fully saturated rings. The van der Waals surface area contributed by atoms with E-state index < -0.39 is 0 Å². The largest absolute Gasteiger partial charge is 0.323 e. The molecule has 0 aromatic heterocycles. The number of carbonyl (C=O) groups excluding carboxylic acids is 1. The van der Waals surface area contributed by atoms with Crippen LogP contribution in [-0.2, 0) is 4.79 Å². The highest BCUT2D eigenvalue weighted by atomic mass is 35.5. The van der Waals surface area contributed by atoms with Crippen molar-refractivity contribution in [2.24, 2.45) is 0 Å². The zero-order valence-corrected chi connectivity index (χ0v) is 13.3. The Morgan fingerprint density at radius 2 is 1.76 bits per heavy atom. The van der Waals surface area contributed by atoms with Crippen LogP contribution in [0, 0.1) is 13.8 Å². The summed E-state index contributed by atoms with van der Waals surface area (Å²) in [6.07, 6.45) is 3.16. The summed E-state index contributed by atoms with van der Waals surface area (Å²) in [5.41, 5.74) is 3.93. The lowest BCUT2D eigenvalue weighted by Gasteiger charge is -2.05. The summed E-state index contributed by atoms with van der Waals surface area (Å²) >= 11 is 11.8.